The zero-order chi connectivity index (χ0) is 11.3. The standard InChI is InChI=1S/C13H17NO2/c14-12(16)9-2-1-5-13(7-9)10-4-3-8(6-10)11(13)15/h2,8,10H,1,3-7H2,(H2,14,16)/t8-,10+,13?/m1/s1. The number of carbonyl (C=O) groups is 2. The molecule has 2 bridgehead atoms. The van der Waals surface area contributed by atoms with Crippen LogP contribution in [0.25, 0.3) is 0 Å². The second-order valence-corrected chi connectivity index (χ2v) is 5.54. The summed E-state index contributed by atoms with van der Waals surface area (Å²) in [5.41, 5.74) is 5.82. The zero-order valence-electron chi connectivity index (χ0n) is 9.37. The van der Waals surface area contributed by atoms with Crippen molar-refractivity contribution in [2.24, 2.45) is 23.0 Å². The van der Waals surface area contributed by atoms with Gasteiger partial charge >= 0.3 is 0 Å². The summed E-state index contributed by atoms with van der Waals surface area (Å²) in [6.45, 7) is 0. The molecule has 0 saturated heterocycles. The number of carbonyl (C=O) groups excluding carboxylic acids is 2. The van der Waals surface area contributed by atoms with E-state index >= 15 is 0 Å². The SMILES string of the molecule is NC(=O)C1=CCCC2(C1)C(=O)[C@@H]1CC[C@H]2C1. The summed E-state index contributed by atoms with van der Waals surface area (Å²) < 4.78 is 0. The second-order valence-electron chi connectivity index (χ2n) is 5.54. The van der Waals surface area contributed by atoms with Crippen molar-refractivity contribution >= 4 is 11.7 Å². The minimum absolute atomic E-state index is 0.206. The number of primary amides is 1. The maximum Gasteiger partial charge on any atom is 0.244 e. The van der Waals surface area contributed by atoms with Gasteiger partial charge in [0.05, 0.1) is 0 Å². The normalized spacial score (nSPS) is 41.5. The molecule has 0 aromatic carbocycles. The summed E-state index contributed by atoms with van der Waals surface area (Å²) in [5, 5.41) is 0. The molecule has 1 spiro atoms. The molecule has 2 N–H and O–H groups in total. The molecule has 0 aromatic rings. The van der Waals surface area contributed by atoms with Gasteiger partial charge in [-0.15, -0.1) is 0 Å². The Bertz CT molecular complexity index is 399. The van der Waals surface area contributed by atoms with Crippen LogP contribution in [0.5, 0.6) is 0 Å². The smallest absolute Gasteiger partial charge is 0.244 e. The second kappa shape index (κ2) is 3.19. The molecule has 1 amide bonds. The van der Waals surface area contributed by atoms with Crippen LogP contribution in [0.3, 0.4) is 0 Å². The lowest BCUT2D eigenvalue weighted by molar-refractivity contribution is -0.133. The molecule has 1 unspecified atom stereocenters. The highest BCUT2D eigenvalue weighted by atomic mass is 16.1. The summed E-state index contributed by atoms with van der Waals surface area (Å²) in [4.78, 5) is 23.6. The van der Waals surface area contributed by atoms with E-state index in [0.29, 0.717) is 23.7 Å². The Hall–Kier alpha value is -1.12. The Balaban J connectivity index is 1.93. The van der Waals surface area contributed by atoms with Crippen LogP contribution in [-0.4, -0.2) is 11.7 Å². The van der Waals surface area contributed by atoms with Gasteiger partial charge in [0.25, 0.3) is 0 Å². The largest absolute Gasteiger partial charge is 0.366 e. The van der Waals surface area contributed by atoms with Gasteiger partial charge in [0.1, 0.15) is 5.78 Å². The van der Waals surface area contributed by atoms with Crippen LogP contribution in [0.1, 0.15) is 38.5 Å². The average molecular weight is 219 g/mol. The van der Waals surface area contributed by atoms with E-state index in [-0.39, 0.29) is 17.2 Å². The Morgan fingerprint density at radius 2 is 2.25 bits per heavy atom. The van der Waals surface area contributed by atoms with Crippen molar-refractivity contribution in [1.29, 1.82) is 0 Å². The molecule has 0 aromatic heterocycles. The van der Waals surface area contributed by atoms with Gasteiger partial charge in [-0.05, 0) is 44.4 Å². The summed E-state index contributed by atoms with van der Waals surface area (Å²) in [6, 6.07) is 0. The highest BCUT2D eigenvalue weighted by molar-refractivity contribution is 5.96. The van der Waals surface area contributed by atoms with E-state index in [0.717, 1.165) is 25.7 Å². The molecule has 3 aliphatic carbocycles. The first-order valence-electron chi connectivity index (χ1n) is 6.16. The molecule has 3 aliphatic rings. The number of hydrogen-bond acceptors (Lipinski definition) is 2. The van der Waals surface area contributed by atoms with Crippen LogP contribution >= 0.6 is 0 Å². The molecule has 3 heteroatoms. The molecule has 3 atom stereocenters. The molecule has 2 saturated carbocycles. The van der Waals surface area contributed by atoms with Crippen LogP contribution in [0.2, 0.25) is 0 Å². The average Bonchev–Trinajstić information content (AvgIpc) is 2.84. The van der Waals surface area contributed by atoms with E-state index in [2.05, 4.69) is 0 Å². The lowest BCUT2D eigenvalue weighted by atomic mass is 9.63. The molecule has 86 valence electrons. The summed E-state index contributed by atoms with van der Waals surface area (Å²) >= 11 is 0. The van der Waals surface area contributed by atoms with Gasteiger partial charge in [0.15, 0.2) is 0 Å². The Labute approximate surface area is 95.1 Å². The van der Waals surface area contributed by atoms with Crippen LogP contribution in [0.15, 0.2) is 11.6 Å². The predicted octanol–water partition coefficient (Wildman–Crippen LogP) is 1.57. The number of fused-ring (bicyclic) bond motifs is 3. The van der Waals surface area contributed by atoms with E-state index in [9.17, 15) is 9.59 Å². The Morgan fingerprint density at radius 1 is 1.44 bits per heavy atom. The molecule has 0 heterocycles. The number of rotatable bonds is 1. The highest BCUT2D eigenvalue weighted by Crippen LogP contribution is 2.59. The van der Waals surface area contributed by atoms with Crippen molar-refractivity contribution in [3.63, 3.8) is 0 Å². The lowest BCUT2D eigenvalue weighted by Gasteiger charge is -2.38. The van der Waals surface area contributed by atoms with Crippen molar-refractivity contribution in [2.75, 3.05) is 0 Å². The molecule has 0 aliphatic heterocycles. The number of hydrogen-bond donors (Lipinski definition) is 1. The first-order chi connectivity index (χ1) is 7.63. The van der Waals surface area contributed by atoms with E-state index in [1.54, 1.807) is 0 Å². The van der Waals surface area contributed by atoms with Gasteiger partial charge in [0.2, 0.25) is 5.91 Å². The number of ketones is 1. The molecule has 0 radical (unpaired) electrons. The fraction of sp³-hybridized carbons (Fsp3) is 0.692. The van der Waals surface area contributed by atoms with Crippen molar-refractivity contribution < 1.29 is 9.59 Å². The van der Waals surface area contributed by atoms with Gasteiger partial charge in [0, 0.05) is 16.9 Å². The fourth-order valence-electron chi connectivity index (χ4n) is 4.08. The first-order valence-corrected chi connectivity index (χ1v) is 6.16. The number of Topliss-reactive ketones (excluding diaryl/α,β-unsaturated/α-hetero) is 1. The van der Waals surface area contributed by atoms with Crippen molar-refractivity contribution in [3.05, 3.63) is 11.6 Å². The number of nitrogens with two attached hydrogens (primary N) is 1. The third-order valence-corrected chi connectivity index (χ3v) is 4.88. The van der Waals surface area contributed by atoms with Gasteiger partial charge in [-0.3, -0.25) is 9.59 Å². The topological polar surface area (TPSA) is 60.2 Å². The van der Waals surface area contributed by atoms with E-state index in [1.165, 1.54) is 6.42 Å². The minimum Gasteiger partial charge on any atom is -0.366 e. The Kier molecular flexibility index (Phi) is 2.00. The molecule has 16 heavy (non-hydrogen) atoms. The van der Waals surface area contributed by atoms with Crippen LogP contribution in [0, 0.1) is 17.3 Å². The zero-order valence-corrected chi connectivity index (χ0v) is 9.37. The maximum absolute atomic E-state index is 12.3. The number of amides is 1. The van der Waals surface area contributed by atoms with Crippen molar-refractivity contribution in [1.82, 2.24) is 0 Å². The summed E-state index contributed by atoms with van der Waals surface area (Å²) in [5.74, 6) is 0.899. The van der Waals surface area contributed by atoms with Gasteiger partial charge < -0.3 is 5.73 Å². The van der Waals surface area contributed by atoms with Gasteiger partial charge in [-0.1, -0.05) is 6.08 Å². The van der Waals surface area contributed by atoms with Gasteiger partial charge in [-0.2, -0.15) is 0 Å². The van der Waals surface area contributed by atoms with E-state index in [1.807, 2.05) is 6.08 Å². The quantitative estimate of drug-likeness (QED) is 0.727. The third-order valence-electron chi connectivity index (χ3n) is 4.88. The van der Waals surface area contributed by atoms with Crippen LogP contribution in [-0.2, 0) is 9.59 Å². The highest BCUT2D eigenvalue weighted by Gasteiger charge is 2.58. The minimum atomic E-state index is -0.338. The van der Waals surface area contributed by atoms with E-state index in [4.69, 9.17) is 5.73 Å². The van der Waals surface area contributed by atoms with Crippen LogP contribution < -0.4 is 5.73 Å². The van der Waals surface area contributed by atoms with Gasteiger partial charge in [-0.25, -0.2) is 0 Å². The molecule has 3 rings (SSSR count). The summed E-state index contributed by atoms with van der Waals surface area (Å²) in [6.07, 6.45) is 7.61. The molecular weight excluding hydrogens is 202 g/mol. The Morgan fingerprint density at radius 3 is 2.88 bits per heavy atom. The predicted molar refractivity (Wildman–Crippen MR) is 59.4 cm³/mol. The van der Waals surface area contributed by atoms with Crippen molar-refractivity contribution in [3.8, 4) is 0 Å². The molecule has 2 fully saturated rings. The molecular formula is C13H17NO2. The maximum atomic E-state index is 12.3. The molecule has 3 nitrogen and oxygen atoms in total. The van der Waals surface area contributed by atoms with Crippen LogP contribution in [0.4, 0.5) is 0 Å². The fourth-order valence-corrected chi connectivity index (χ4v) is 4.08. The first kappa shape index (κ1) is 10.1. The lowest BCUT2D eigenvalue weighted by Crippen LogP contribution is -2.40. The van der Waals surface area contributed by atoms with Crippen molar-refractivity contribution in [2.45, 2.75) is 38.5 Å². The third kappa shape index (κ3) is 1.14. The monoisotopic (exact) mass is 219 g/mol. The summed E-state index contributed by atoms with van der Waals surface area (Å²) in [7, 11) is 0. The number of allylic oxidation sites excluding steroid dienone is 1. The van der Waals surface area contributed by atoms with E-state index < -0.39 is 0 Å².